The van der Waals surface area contributed by atoms with E-state index in [2.05, 4.69) is 10.3 Å². The third-order valence-corrected chi connectivity index (χ3v) is 7.48. The predicted molar refractivity (Wildman–Crippen MR) is 123 cm³/mol. The number of amides is 1. The number of esters is 1. The molecule has 1 heterocycles. The Hall–Kier alpha value is -2.98. The van der Waals surface area contributed by atoms with Crippen LogP contribution in [0.1, 0.15) is 49.4 Å². The number of pyridine rings is 1. The molecule has 1 N–H and O–H groups in total. The fraction of sp³-hybridized carbons (Fsp3) is 0.435. The highest BCUT2D eigenvalue weighted by atomic mass is 32.2. The van der Waals surface area contributed by atoms with Gasteiger partial charge in [-0.05, 0) is 44.0 Å². The summed E-state index contributed by atoms with van der Waals surface area (Å²) in [4.78, 5) is 28.8. The number of hydrogen-bond donors (Lipinski definition) is 1. The van der Waals surface area contributed by atoms with E-state index in [1.807, 2.05) is 0 Å². The molecule has 0 saturated heterocycles. The summed E-state index contributed by atoms with van der Waals surface area (Å²) in [7, 11) is -2.24. The number of sulfonamides is 1. The van der Waals surface area contributed by atoms with Crippen LogP contribution in [0.2, 0.25) is 0 Å². The van der Waals surface area contributed by atoms with Gasteiger partial charge in [0, 0.05) is 19.3 Å². The Labute approximate surface area is 194 Å². The number of carbonyl (C=O) groups is 2. The summed E-state index contributed by atoms with van der Waals surface area (Å²) >= 11 is 0. The highest BCUT2D eigenvalue weighted by molar-refractivity contribution is 7.89. The molecule has 1 aliphatic carbocycles. The molecular weight excluding hydrogens is 446 g/mol. The molecule has 1 aromatic carbocycles. The molecule has 9 nitrogen and oxygen atoms in total. The molecule has 10 heteroatoms. The number of nitrogens with one attached hydrogen (secondary N) is 1. The molecule has 0 atom stereocenters. The first-order valence-corrected chi connectivity index (χ1v) is 12.4. The van der Waals surface area contributed by atoms with Gasteiger partial charge in [-0.1, -0.05) is 31.4 Å². The molecule has 0 spiro atoms. The van der Waals surface area contributed by atoms with Crippen molar-refractivity contribution in [1.82, 2.24) is 9.29 Å². The smallest absolute Gasteiger partial charge is 0.344 e. The zero-order chi connectivity index (χ0) is 23.8. The van der Waals surface area contributed by atoms with Crippen LogP contribution in [0.4, 0.5) is 5.69 Å². The fourth-order valence-corrected chi connectivity index (χ4v) is 5.35. The monoisotopic (exact) mass is 475 g/mol. The molecular formula is C23H29N3O6S. The van der Waals surface area contributed by atoms with Gasteiger partial charge < -0.3 is 14.8 Å². The summed E-state index contributed by atoms with van der Waals surface area (Å²) in [5.74, 6) is -1.31. The summed E-state index contributed by atoms with van der Waals surface area (Å²) in [5.41, 5.74) is 0.238. The summed E-state index contributed by atoms with van der Waals surface area (Å²) in [6, 6.07) is 9.19. The maximum atomic E-state index is 13.3. The molecule has 2 aromatic rings. The van der Waals surface area contributed by atoms with Crippen LogP contribution in [0.3, 0.4) is 0 Å². The molecule has 1 amide bonds. The third kappa shape index (κ3) is 6.08. The Balaban J connectivity index is 1.68. The fourth-order valence-electron chi connectivity index (χ4n) is 3.78. The van der Waals surface area contributed by atoms with E-state index in [4.69, 9.17) is 9.47 Å². The highest BCUT2D eigenvalue weighted by Gasteiger charge is 2.31. The Morgan fingerprint density at radius 2 is 1.85 bits per heavy atom. The van der Waals surface area contributed by atoms with Gasteiger partial charge in [0.1, 0.15) is 10.5 Å². The number of nitrogens with zero attached hydrogens (tertiary/aromatic N) is 2. The lowest BCUT2D eigenvalue weighted by molar-refractivity contribution is -0.119. The second-order valence-electron chi connectivity index (χ2n) is 7.72. The van der Waals surface area contributed by atoms with Gasteiger partial charge in [0.25, 0.3) is 5.91 Å². The summed E-state index contributed by atoms with van der Waals surface area (Å²) in [5, 5.41) is 2.55. The van der Waals surface area contributed by atoms with E-state index in [1.165, 1.54) is 28.7 Å². The van der Waals surface area contributed by atoms with E-state index in [0.717, 1.165) is 32.1 Å². The summed E-state index contributed by atoms with van der Waals surface area (Å²) in [6.07, 6.45) is 6.22. The SMILES string of the molecule is CCOc1ncccc1C(=O)OCC(=O)Nc1ccccc1S(=O)(=O)N(C)C1CCCCC1. The average Bonchev–Trinajstić information content (AvgIpc) is 2.83. The van der Waals surface area contributed by atoms with Crippen LogP contribution in [-0.2, 0) is 19.6 Å². The van der Waals surface area contributed by atoms with Crippen molar-refractivity contribution in [1.29, 1.82) is 0 Å². The van der Waals surface area contributed by atoms with Crippen LogP contribution >= 0.6 is 0 Å². The van der Waals surface area contributed by atoms with Gasteiger partial charge in [-0.15, -0.1) is 0 Å². The van der Waals surface area contributed by atoms with Gasteiger partial charge in [0.2, 0.25) is 15.9 Å². The third-order valence-electron chi connectivity index (χ3n) is 5.51. The van der Waals surface area contributed by atoms with Crippen molar-refractivity contribution < 1.29 is 27.5 Å². The minimum Gasteiger partial charge on any atom is -0.477 e. The zero-order valence-electron chi connectivity index (χ0n) is 18.8. The Kier molecular flexibility index (Phi) is 8.40. The quantitative estimate of drug-likeness (QED) is 0.554. The van der Waals surface area contributed by atoms with Gasteiger partial charge in [0.15, 0.2) is 6.61 Å². The number of rotatable bonds is 9. The van der Waals surface area contributed by atoms with Crippen molar-refractivity contribution in [3.8, 4) is 5.88 Å². The minimum absolute atomic E-state index is 0.00337. The van der Waals surface area contributed by atoms with Crippen molar-refractivity contribution in [3.63, 3.8) is 0 Å². The average molecular weight is 476 g/mol. The van der Waals surface area contributed by atoms with Crippen LogP contribution in [0.15, 0.2) is 47.5 Å². The van der Waals surface area contributed by atoms with Gasteiger partial charge in [0.05, 0.1) is 12.3 Å². The lowest BCUT2D eigenvalue weighted by Gasteiger charge is -2.30. The number of para-hydroxylation sites is 1. The second-order valence-corrected chi connectivity index (χ2v) is 9.69. The molecule has 1 fully saturated rings. The van der Waals surface area contributed by atoms with Crippen LogP contribution < -0.4 is 10.1 Å². The standard InChI is InChI=1S/C23H29N3O6S/c1-3-31-22-18(12-9-15-24-22)23(28)32-16-21(27)25-19-13-7-8-14-20(19)33(29,30)26(2)17-10-5-4-6-11-17/h7-9,12-15,17H,3-6,10-11,16H2,1-2H3,(H,25,27). The molecule has 1 aromatic heterocycles. The lowest BCUT2D eigenvalue weighted by atomic mass is 9.96. The van der Waals surface area contributed by atoms with Crippen LogP contribution in [0.25, 0.3) is 0 Å². The number of hydrogen-bond acceptors (Lipinski definition) is 7. The van der Waals surface area contributed by atoms with Gasteiger partial charge >= 0.3 is 5.97 Å². The first-order valence-electron chi connectivity index (χ1n) is 11.0. The van der Waals surface area contributed by atoms with Crippen molar-refractivity contribution in [3.05, 3.63) is 48.2 Å². The number of ether oxygens (including phenoxy) is 2. The van der Waals surface area contributed by atoms with Crippen molar-refractivity contribution in [2.75, 3.05) is 25.6 Å². The van der Waals surface area contributed by atoms with Gasteiger partial charge in [-0.2, -0.15) is 4.31 Å². The van der Waals surface area contributed by atoms with E-state index in [1.54, 1.807) is 32.2 Å². The summed E-state index contributed by atoms with van der Waals surface area (Å²) < 4.78 is 38.3. The van der Waals surface area contributed by atoms with Gasteiger partial charge in [-0.25, -0.2) is 18.2 Å². The normalized spacial score (nSPS) is 14.6. The number of benzene rings is 1. The molecule has 178 valence electrons. The summed E-state index contributed by atoms with van der Waals surface area (Å²) in [6.45, 7) is 1.49. The van der Waals surface area contributed by atoms with Crippen LogP contribution in [-0.4, -0.2) is 55.9 Å². The van der Waals surface area contributed by atoms with E-state index < -0.39 is 28.5 Å². The van der Waals surface area contributed by atoms with Crippen molar-refractivity contribution in [2.24, 2.45) is 0 Å². The van der Waals surface area contributed by atoms with E-state index in [-0.39, 0.29) is 28.1 Å². The van der Waals surface area contributed by atoms with Crippen LogP contribution in [0.5, 0.6) is 5.88 Å². The maximum absolute atomic E-state index is 13.3. The molecule has 1 aliphatic rings. The molecule has 33 heavy (non-hydrogen) atoms. The Bertz CT molecular complexity index is 1080. The van der Waals surface area contributed by atoms with E-state index >= 15 is 0 Å². The predicted octanol–water partition coefficient (Wildman–Crippen LogP) is 3.23. The Morgan fingerprint density at radius 3 is 2.58 bits per heavy atom. The van der Waals surface area contributed by atoms with E-state index in [9.17, 15) is 18.0 Å². The molecule has 0 aliphatic heterocycles. The van der Waals surface area contributed by atoms with E-state index in [0.29, 0.717) is 6.61 Å². The van der Waals surface area contributed by atoms with Crippen LogP contribution in [0, 0.1) is 0 Å². The number of carbonyl (C=O) groups excluding carboxylic acids is 2. The first-order chi connectivity index (χ1) is 15.8. The molecule has 1 saturated carbocycles. The first kappa shape index (κ1) is 24.7. The molecule has 3 rings (SSSR count). The number of aromatic nitrogens is 1. The minimum atomic E-state index is -3.82. The topological polar surface area (TPSA) is 115 Å². The largest absolute Gasteiger partial charge is 0.477 e. The van der Waals surface area contributed by atoms with Crippen molar-refractivity contribution >= 4 is 27.6 Å². The molecule has 0 unspecified atom stereocenters. The molecule has 0 radical (unpaired) electrons. The van der Waals surface area contributed by atoms with Gasteiger partial charge in [-0.3, -0.25) is 4.79 Å². The second kappa shape index (κ2) is 11.2. The number of anilines is 1. The molecule has 0 bridgehead atoms. The maximum Gasteiger partial charge on any atom is 0.344 e. The van der Waals surface area contributed by atoms with Crippen molar-refractivity contribution in [2.45, 2.75) is 50.0 Å². The Morgan fingerprint density at radius 1 is 1.12 bits per heavy atom. The lowest BCUT2D eigenvalue weighted by Crippen LogP contribution is -2.38. The highest BCUT2D eigenvalue weighted by Crippen LogP contribution is 2.29. The zero-order valence-corrected chi connectivity index (χ0v) is 19.6.